The number of rotatable bonds is 4. The number of hydrogen-bond donors (Lipinski definition) is 1. The van der Waals surface area contributed by atoms with Crippen molar-refractivity contribution in [2.45, 2.75) is 20.4 Å². The lowest BCUT2D eigenvalue weighted by Gasteiger charge is -2.08. The predicted molar refractivity (Wildman–Crippen MR) is 108 cm³/mol. The Morgan fingerprint density at radius 3 is 2.57 bits per heavy atom. The third kappa shape index (κ3) is 3.71. The molecule has 1 N–H and O–H groups in total. The topological polar surface area (TPSA) is 69.0 Å². The first-order chi connectivity index (χ1) is 13.6. The van der Waals surface area contributed by atoms with Crippen LogP contribution >= 0.6 is 0 Å². The van der Waals surface area contributed by atoms with Gasteiger partial charge in [0.25, 0.3) is 0 Å². The zero-order valence-corrected chi connectivity index (χ0v) is 15.7. The quantitative estimate of drug-likeness (QED) is 0.568. The molecule has 0 spiro atoms. The summed E-state index contributed by atoms with van der Waals surface area (Å²) in [7, 11) is 0. The van der Waals surface area contributed by atoms with Crippen LogP contribution < -0.4 is 10.1 Å². The molecular weight excluding hydrogens is 352 g/mol. The molecule has 0 saturated heterocycles. The number of fused-ring (bicyclic) bond motifs is 1. The van der Waals surface area contributed by atoms with Crippen molar-refractivity contribution in [2.75, 3.05) is 0 Å². The van der Waals surface area contributed by atoms with Crippen LogP contribution in [-0.4, -0.2) is 21.0 Å². The Labute approximate surface area is 162 Å². The van der Waals surface area contributed by atoms with Crippen molar-refractivity contribution < 1.29 is 9.53 Å². The minimum absolute atomic E-state index is 0.336. The molecule has 0 fully saturated rings. The molecule has 0 saturated carbocycles. The smallest absolute Gasteiger partial charge is 0.344 e. The van der Waals surface area contributed by atoms with Crippen LogP contribution in [0.1, 0.15) is 16.7 Å². The van der Waals surface area contributed by atoms with E-state index in [2.05, 4.69) is 41.6 Å². The van der Waals surface area contributed by atoms with Gasteiger partial charge < -0.3 is 10.1 Å². The number of aryl methyl sites for hydroxylation is 2. The number of carbonyl (C=O) groups excluding carboxylic acids is 1. The minimum atomic E-state index is -0.336. The third-order valence-corrected chi connectivity index (χ3v) is 4.60. The van der Waals surface area contributed by atoms with Gasteiger partial charge in [0.05, 0.1) is 0 Å². The van der Waals surface area contributed by atoms with Gasteiger partial charge in [0.15, 0.2) is 0 Å². The third-order valence-electron chi connectivity index (χ3n) is 4.60. The zero-order valence-electron chi connectivity index (χ0n) is 15.7. The van der Waals surface area contributed by atoms with Gasteiger partial charge in [0.2, 0.25) is 0 Å². The zero-order chi connectivity index (χ0) is 19.5. The van der Waals surface area contributed by atoms with Gasteiger partial charge in [-0.3, -0.25) is 0 Å². The van der Waals surface area contributed by atoms with Crippen molar-refractivity contribution in [1.29, 1.82) is 0 Å². The normalized spacial score (nSPS) is 10.8. The molecule has 0 radical (unpaired) electrons. The van der Waals surface area contributed by atoms with Crippen molar-refractivity contribution in [1.82, 2.24) is 20.3 Å². The first-order valence-electron chi connectivity index (χ1n) is 9.03. The highest BCUT2D eigenvalue weighted by atomic mass is 16.5. The Morgan fingerprint density at radius 2 is 1.79 bits per heavy atom. The molecule has 4 rings (SSSR count). The van der Waals surface area contributed by atoms with Crippen molar-refractivity contribution in [3.8, 4) is 11.5 Å². The van der Waals surface area contributed by atoms with Crippen LogP contribution in [0.2, 0.25) is 0 Å². The maximum atomic E-state index is 12.6. The van der Waals surface area contributed by atoms with Crippen LogP contribution in [0.25, 0.3) is 11.0 Å². The highest BCUT2D eigenvalue weighted by Gasteiger charge is 2.13. The summed E-state index contributed by atoms with van der Waals surface area (Å²) >= 11 is 0. The maximum absolute atomic E-state index is 12.6. The first-order valence-corrected chi connectivity index (χ1v) is 9.03. The molecule has 0 aliphatic rings. The van der Waals surface area contributed by atoms with E-state index in [1.54, 1.807) is 18.2 Å². The number of hydrogen-bond acceptors (Lipinski definition) is 4. The Kier molecular flexibility index (Phi) is 4.76. The molecule has 0 bridgehead atoms. The molecule has 0 aliphatic heterocycles. The van der Waals surface area contributed by atoms with Gasteiger partial charge in [-0.1, -0.05) is 41.6 Å². The lowest BCUT2D eigenvalue weighted by atomic mass is 10.1. The van der Waals surface area contributed by atoms with Crippen LogP contribution in [0.3, 0.4) is 0 Å². The maximum Gasteiger partial charge on any atom is 0.344 e. The van der Waals surface area contributed by atoms with Gasteiger partial charge in [0.1, 0.15) is 22.5 Å². The van der Waals surface area contributed by atoms with E-state index in [-0.39, 0.29) is 6.03 Å². The highest BCUT2D eigenvalue weighted by molar-refractivity contribution is 5.88. The minimum Gasteiger partial charge on any atom is -0.457 e. The number of benzene rings is 3. The van der Waals surface area contributed by atoms with E-state index in [4.69, 9.17) is 4.74 Å². The molecule has 1 aromatic heterocycles. The molecule has 6 heteroatoms. The van der Waals surface area contributed by atoms with Crippen molar-refractivity contribution in [3.63, 3.8) is 0 Å². The van der Waals surface area contributed by atoms with Gasteiger partial charge in [-0.25, -0.2) is 4.79 Å². The Bertz CT molecular complexity index is 1140. The van der Waals surface area contributed by atoms with E-state index >= 15 is 0 Å². The molecule has 3 aromatic carbocycles. The molecule has 140 valence electrons. The van der Waals surface area contributed by atoms with Crippen molar-refractivity contribution >= 4 is 17.1 Å². The summed E-state index contributed by atoms with van der Waals surface area (Å²) in [6.45, 7) is 4.54. The van der Waals surface area contributed by atoms with Crippen LogP contribution in [-0.2, 0) is 6.54 Å². The van der Waals surface area contributed by atoms with E-state index < -0.39 is 0 Å². The van der Waals surface area contributed by atoms with E-state index in [1.165, 1.54) is 15.8 Å². The monoisotopic (exact) mass is 372 g/mol. The fourth-order valence-corrected chi connectivity index (χ4v) is 2.90. The predicted octanol–water partition coefficient (Wildman–Crippen LogP) is 4.60. The molecule has 0 unspecified atom stereocenters. The number of nitrogens with zero attached hydrogens (tertiary/aromatic N) is 3. The molecular formula is C22H20N4O2. The summed E-state index contributed by atoms with van der Waals surface area (Å²) in [6.07, 6.45) is 0. The average molecular weight is 372 g/mol. The molecule has 4 aromatic rings. The van der Waals surface area contributed by atoms with E-state index in [0.717, 1.165) is 11.3 Å². The van der Waals surface area contributed by atoms with Crippen molar-refractivity contribution in [3.05, 3.63) is 83.4 Å². The second-order valence-corrected chi connectivity index (χ2v) is 6.64. The van der Waals surface area contributed by atoms with Crippen LogP contribution in [0.15, 0.2) is 66.7 Å². The van der Waals surface area contributed by atoms with E-state index in [0.29, 0.717) is 23.3 Å². The number of para-hydroxylation sites is 1. The fraction of sp³-hybridized carbons (Fsp3) is 0.136. The number of aromatic nitrogens is 3. The van der Waals surface area contributed by atoms with Gasteiger partial charge >= 0.3 is 6.03 Å². The highest BCUT2D eigenvalue weighted by Crippen LogP contribution is 2.24. The Hall–Kier alpha value is -3.67. The van der Waals surface area contributed by atoms with Crippen LogP contribution in [0, 0.1) is 13.8 Å². The van der Waals surface area contributed by atoms with Crippen LogP contribution in [0.5, 0.6) is 11.5 Å². The fourth-order valence-electron chi connectivity index (χ4n) is 2.90. The lowest BCUT2D eigenvalue weighted by molar-refractivity contribution is 0.239. The summed E-state index contributed by atoms with van der Waals surface area (Å²) in [5.74, 6) is 1.34. The SMILES string of the molecule is Cc1ccc(CNC(=O)n2nnc3ccc(Oc4ccccc4)cc32)cc1C. The first kappa shape index (κ1) is 17.7. The largest absolute Gasteiger partial charge is 0.457 e. The van der Waals surface area contributed by atoms with Gasteiger partial charge in [0, 0.05) is 12.6 Å². The molecule has 6 nitrogen and oxygen atoms in total. The van der Waals surface area contributed by atoms with Crippen LogP contribution in [0.4, 0.5) is 4.79 Å². The lowest BCUT2D eigenvalue weighted by Crippen LogP contribution is -2.29. The number of amides is 1. The molecule has 1 amide bonds. The molecule has 0 atom stereocenters. The Balaban J connectivity index is 1.53. The summed E-state index contributed by atoms with van der Waals surface area (Å²) < 4.78 is 7.10. The van der Waals surface area contributed by atoms with Gasteiger partial charge in [-0.05, 0) is 54.8 Å². The molecule has 1 heterocycles. The number of nitrogens with one attached hydrogen (secondary N) is 1. The van der Waals surface area contributed by atoms with E-state index in [9.17, 15) is 4.79 Å². The van der Waals surface area contributed by atoms with Crippen molar-refractivity contribution in [2.24, 2.45) is 0 Å². The number of carbonyl (C=O) groups is 1. The van der Waals surface area contributed by atoms with Gasteiger partial charge in [-0.2, -0.15) is 4.68 Å². The van der Waals surface area contributed by atoms with Gasteiger partial charge in [-0.15, -0.1) is 5.10 Å². The summed E-state index contributed by atoms with van der Waals surface area (Å²) in [6, 6.07) is 20.6. The molecule has 0 aliphatic carbocycles. The second kappa shape index (κ2) is 7.52. The summed E-state index contributed by atoms with van der Waals surface area (Å²) in [5.41, 5.74) is 4.67. The Morgan fingerprint density at radius 1 is 0.964 bits per heavy atom. The second-order valence-electron chi connectivity index (χ2n) is 6.64. The average Bonchev–Trinajstić information content (AvgIpc) is 3.13. The van der Waals surface area contributed by atoms with E-state index in [1.807, 2.05) is 36.4 Å². The summed E-state index contributed by atoms with van der Waals surface area (Å²) in [5, 5.41) is 10.9. The standard InChI is InChI=1S/C22H20N4O2/c1-15-8-9-17(12-16(15)2)14-23-22(27)26-21-13-19(10-11-20(21)24-25-26)28-18-6-4-3-5-7-18/h3-13H,14H2,1-2H3,(H,23,27). The number of ether oxygens (including phenoxy) is 1. The molecule has 28 heavy (non-hydrogen) atoms. The summed E-state index contributed by atoms with van der Waals surface area (Å²) in [4.78, 5) is 12.6.